The maximum Gasteiger partial charge on any atom is 0.237 e. The van der Waals surface area contributed by atoms with Crippen LogP contribution in [0.4, 0.5) is 0 Å². The predicted octanol–water partition coefficient (Wildman–Crippen LogP) is 3.32. The van der Waals surface area contributed by atoms with Crippen molar-refractivity contribution >= 4 is 17.5 Å². The Morgan fingerprint density at radius 3 is 2.57 bits per heavy atom. The molecule has 1 aliphatic heterocycles. The van der Waals surface area contributed by atoms with Crippen molar-refractivity contribution in [1.29, 1.82) is 0 Å². The van der Waals surface area contributed by atoms with E-state index < -0.39 is 0 Å². The summed E-state index contributed by atoms with van der Waals surface area (Å²) in [6, 6.07) is 7.54. The molecule has 116 valence electrons. The van der Waals surface area contributed by atoms with Crippen molar-refractivity contribution in [3.63, 3.8) is 0 Å². The van der Waals surface area contributed by atoms with E-state index in [-0.39, 0.29) is 11.9 Å². The third-order valence-corrected chi connectivity index (χ3v) is 4.60. The smallest absolute Gasteiger partial charge is 0.237 e. The van der Waals surface area contributed by atoms with Gasteiger partial charge in [-0.15, -0.1) is 0 Å². The highest BCUT2D eigenvalue weighted by atomic mass is 35.5. The van der Waals surface area contributed by atoms with Gasteiger partial charge in [0.2, 0.25) is 5.91 Å². The number of amides is 1. The fourth-order valence-electron chi connectivity index (χ4n) is 3.17. The minimum atomic E-state index is -0.0855. The van der Waals surface area contributed by atoms with E-state index in [9.17, 15) is 4.79 Å². The molecule has 1 N–H and O–H groups in total. The van der Waals surface area contributed by atoms with Gasteiger partial charge in [0.1, 0.15) is 0 Å². The van der Waals surface area contributed by atoms with Gasteiger partial charge in [-0.25, -0.2) is 0 Å². The SMILES string of the molecule is C[C@@H]1C[C@@H](C)CN([C@H](C)C(=O)NCc2ccccc2Cl)C1. The first kappa shape index (κ1) is 16.3. The number of carbonyl (C=O) groups is 1. The van der Waals surface area contributed by atoms with Crippen LogP contribution < -0.4 is 5.32 Å². The summed E-state index contributed by atoms with van der Waals surface area (Å²) in [6.45, 7) is 9.01. The van der Waals surface area contributed by atoms with Gasteiger partial charge in [0, 0.05) is 24.7 Å². The zero-order chi connectivity index (χ0) is 15.4. The summed E-state index contributed by atoms with van der Waals surface area (Å²) in [6.07, 6.45) is 1.25. The van der Waals surface area contributed by atoms with Crippen LogP contribution >= 0.6 is 11.6 Å². The van der Waals surface area contributed by atoms with Crippen molar-refractivity contribution in [2.24, 2.45) is 11.8 Å². The highest BCUT2D eigenvalue weighted by Gasteiger charge is 2.28. The zero-order valence-corrected chi connectivity index (χ0v) is 13.9. The number of rotatable bonds is 4. The molecule has 1 aliphatic rings. The zero-order valence-electron chi connectivity index (χ0n) is 13.1. The molecule has 0 bridgehead atoms. The lowest BCUT2D eigenvalue weighted by atomic mass is 9.91. The second kappa shape index (κ2) is 7.28. The quantitative estimate of drug-likeness (QED) is 0.925. The minimum absolute atomic E-state index is 0.0798. The van der Waals surface area contributed by atoms with E-state index in [1.165, 1.54) is 6.42 Å². The predicted molar refractivity (Wildman–Crippen MR) is 87.3 cm³/mol. The van der Waals surface area contributed by atoms with Gasteiger partial charge in [-0.1, -0.05) is 43.6 Å². The first-order valence-corrected chi connectivity index (χ1v) is 8.10. The van der Waals surface area contributed by atoms with Crippen molar-refractivity contribution in [1.82, 2.24) is 10.2 Å². The molecule has 1 heterocycles. The number of carbonyl (C=O) groups excluding carboxylic acids is 1. The summed E-state index contributed by atoms with van der Waals surface area (Å²) in [5.74, 6) is 1.40. The second-order valence-electron chi connectivity index (χ2n) is 6.39. The Morgan fingerprint density at radius 2 is 1.95 bits per heavy atom. The van der Waals surface area contributed by atoms with Crippen LogP contribution in [0.1, 0.15) is 32.8 Å². The second-order valence-corrected chi connectivity index (χ2v) is 6.79. The summed E-state index contributed by atoms with van der Waals surface area (Å²) < 4.78 is 0. The van der Waals surface area contributed by atoms with Crippen LogP contribution in [0.5, 0.6) is 0 Å². The Bertz CT molecular complexity index is 481. The molecule has 0 spiro atoms. The van der Waals surface area contributed by atoms with Crippen LogP contribution in [0.3, 0.4) is 0 Å². The monoisotopic (exact) mass is 308 g/mol. The average Bonchev–Trinajstić information content (AvgIpc) is 2.44. The van der Waals surface area contributed by atoms with Gasteiger partial charge in [0.15, 0.2) is 0 Å². The highest BCUT2D eigenvalue weighted by Crippen LogP contribution is 2.22. The van der Waals surface area contributed by atoms with Gasteiger partial charge in [0.25, 0.3) is 0 Å². The Morgan fingerprint density at radius 1 is 1.33 bits per heavy atom. The van der Waals surface area contributed by atoms with Crippen molar-refractivity contribution in [3.05, 3.63) is 34.9 Å². The van der Waals surface area contributed by atoms with Crippen LogP contribution in [-0.2, 0) is 11.3 Å². The summed E-state index contributed by atoms with van der Waals surface area (Å²) in [5, 5.41) is 3.70. The number of nitrogens with zero attached hydrogens (tertiary/aromatic N) is 1. The number of hydrogen-bond acceptors (Lipinski definition) is 2. The van der Waals surface area contributed by atoms with Crippen molar-refractivity contribution in [3.8, 4) is 0 Å². The largest absolute Gasteiger partial charge is 0.351 e. The number of likely N-dealkylation sites (tertiary alicyclic amines) is 1. The molecule has 1 aromatic carbocycles. The van der Waals surface area contributed by atoms with E-state index in [0.717, 1.165) is 18.7 Å². The maximum atomic E-state index is 12.3. The van der Waals surface area contributed by atoms with Crippen LogP contribution in [0, 0.1) is 11.8 Å². The van der Waals surface area contributed by atoms with Crippen LogP contribution in [0.15, 0.2) is 24.3 Å². The van der Waals surface area contributed by atoms with E-state index in [0.29, 0.717) is 23.4 Å². The molecule has 0 unspecified atom stereocenters. The first-order chi connectivity index (χ1) is 9.97. The average molecular weight is 309 g/mol. The Balaban J connectivity index is 1.89. The molecule has 2 rings (SSSR count). The third kappa shape index (κ3) is 4.45. The molecule has 3 nitrogen and oxygen atoms in total. The van der Waals surface area contributed by atoms with E-state index in [1.807, 2.05) is 31.2 Å². The standard InChI is InChI=1S/C17H25ClN2O/c1-12-8-13(2)11-20(10-12)14(3)17(21)19-9-15-6-4-5-7-16(15)18/h4-7,12-14H,8-11H2,1-3H3,(H,19,21)/t12-,13-,14-/m1/s1. The number of halogens is 1. The molecular formula is C17H25ClN2O. The van der Waals surface area contributed by atoms with E-state index in [2.05, 4.69) is 24.1 Å². The summed E-state index contributed by atoms with van der Waals surface area (Å²) in [5.41, 5.74) is 0.958. The molecule has 21 heavy (non-hydrogen) atoms. The highest BCUT2D eigenvalue weighted by molar-refractivity contribution is 6.31. The molecule has 1 aromatic rings. The molecule has 0 radical (unpaired) electrons. The Kier molecular flexibility index (Phi) is 5.65. The van der Waals surface area contributed by atoms with Gasteiger partial charge in [-0.05, 0) is 36.8 Å². The number of hydrogen-bond donors (Lipinski definition) is 1. The summed E-state index contributed by atoms with van der Waals surface area (Å²) in [4.78, 5) is 14.6. The molecule has 4 heteroatoms. The summed E-state index contributed by atoms with van der Waals surface area (Å²) in [7, 11) is 0. The van der Waals surface area contributed by atoms with Gasteiger partial charge < -0.3 is 5.32 Å². The molecule has 3 atom stereocenters. The molecule has 0 aliphatic carbocycles. The molecule has 0 aromatic heterocycles. The van der Waals surface area contributed by atoms with Crippen LogP contribution in [0.25, 0.3) is 0 Å². The fourth-order valence-corrected chi connectivity index (χ4v) is 3.37. The lowest BCUT2D eigenvalue weighted by molar-refractivity contribution is -0.127. The maximum absolute atomic E-state index is 12.3. The third-order valence-electron chi connectivity index (χ3n) is 4.24. The van der Waals surface area contributed by atoms with Crippen molar-refractivity contribution in [2.75, 3.05) is 13.1 Å². The van der Waals surface area contributed by atoms with E-state index in [1.54, 1.807) is 0 Å². The molecule has 0 saturated carbocycles. The molecular weight excluding hydrogens is 284 g/mol. The summed E-state index contributed by atoms with van der Waals surface area (Å²) >= 11 is 6.11. The number of benzene rings is 1. The van der Waals surface area contributed by atoms with E-state index in [4.69, 9.17) is 11.6 Å². The normalized spacial score (nSPS) is 24.6. The lowest BCUT2D eigenvalue weighted by Gasteiger charge is -2.38. The lowest BCUT2D eigenvalue weighted by Crippen LogP contribution is -2.50. The Hall–Kier alpha value is -1.06. The van der Waals surface area contributed by atoms with Crippen LogP contribution in [-0.4, -0.2) is 29.9 Å². The van der Waals surface area contributed by atoms with Crippen molar-refractivity contribution < 1.29 is 4.79 Å². The minimum Gasteiger partial charge on any atom is -0.351 e. The topological polar surface area (TPSA) is 32.3 Å². The Labute approximate surface area is 132 Å². The van der Waals surface area contributed by atoms with E-state index >= 15 is 0 Å². The first-order valence-electron chi connectivity index (χ1n) is 7.72. The molecule has 1 saturated heterocycles. The van der Waals surface area contributed by atoms with Crippen molar-refractivity contribution in [2.45, 2.75) is 39.8 Å². The van der Waals surface area contributed by atoms with Gasteiger partial charge in [-0.3, -0.25) is 9.69 Å². The fraction of sp³-hybridized carbons (Fsp3) is 0.588. The van der Waals surface area contributed by atoms with Gasteiger partial charge in [-0.2, -0.15) is 0 Å². The van der Waals surface area contributed by atoms with Gasteiger partial charge in [0.05, 0.1) is 6.04 Å². The molecule has 1 amide bonds. The number of nitrogens with one attached hydrogen (secondary N) is 1. The number of piperidine rings is 1. The molecule has 1 fully saturated rings. The van der Waals surface area contributed by atoms with Gasteiger partial charge >= 0.3 is 0 Å². The van der Waals surface area contributed by atoms with Crippen LogP contribution in [0.2, 0.25) is 5.02 Å².